The van der Waals surface area contributed by atoms with Gasteiger partial charge in [-0.05, 0) is 12.5 Å². The van der Waals surface area contributed by atoms with Gasteiger partial charge < -0.3 is 16.2 Å². The van der Waals surface area contributed by atoms with Gasteiger partial charge in [-0.3, -0.25) is 4.79 Å². The van der Waals surface area contributed by atoms with Gasteiger partial charge in [0.05, 0.1) is 24.1 Å². The van der Waals surface area contributed by atoms with Crippen LogP contribution in [0.4, 0.5) is 5.69 Å². The molecule has 2 rings (SSSR count). The molecule has 0 aliphatic carbocycles. The molecule has 0 atom stereocenters. The number of hydrogen-bond donors (Lipinski definition) is 2. The highest BCUT2D eigenvalue weighted by Crippen LogP contribution is 2.21. The number of primary amides is 1. The smallest absolute Gasteiger partial charge is 0.251 e. The van der Waals surface area contributed by atoms with Gasteiger partial charge in [-0.15, -0.1) is 0 Å². The Bertz CT molecular complexity index is 592. The molecule has 0 fully saturated rings. The molecule has 1 aromatic carbocycles. The molecule has 19 heavy (non-hydrogen) atoms. The van der Waals surface area contributed by atoms with E-state index in [4.69, 9.17) is 16.2 Å². The average molecular weight is 260 g/mol. The molecular weight excluding hydrogens is 244 g/mol. The van der Waals surface area contributed by atoms with Gasteiger partial charge in [0.15, 0.2) is 0 Å². The second-order valence-electron chi connectivity index (χ2n) is 4.15. The summed E-state index contributed by atoms with van der Waals surface area (Å²) in [4.78, 5) is 11.0. The van der Waals surface area contributed by atoms with Crippen LogP contribution < -0.4 is 16.2 Å². The third-order valence-electron chi connectivity index (χ3n) is 2.52. The fraction of sp³-hybridized carbons (Fsp3) is 0.231. The van der Waals surface area contributed by atoms with Crippen molar-refractivity contribution in [3.05, 3.63) is 36.2 Å². The molecule has 4 N–H and O–H groups in total. The van der Waals surface area contributed by atoms with Crippen LogP contribution in [0.15, 0.2) is 30.6 Å². The molecule has 1 amide bonds. The lowest BCUT2D eigenvalue weighted by Crippen LogP contribution is -2.09. The van der Waals surface area contributed by atoms with Gasteiger partial charge in [0.2, 0.25) is 0 Å². The van der Waals surface area contributed by atoms with E-state index in [0.717, 1.165) is 12.1 Å². The van der Waals surface area contributed by atoms with Crippen molar-refractivity contribution in [1.82, 2.24) is 9.78 Å². The number of nitrogen functional groups attached to an aromatic ring is 1. The molecule has 0 unspecified atom stereocenters. The van der Waals surface area contributed by atoms with Crippen molar-refractivity contribution in [3.8, 4) is 11.4 Å². The summed E-state index contributed by atoms with van der Waals surface area (Å²) >= 11 is 0. The predicted molar refractivity (Wildman–Crippen MR) is 72.3 cm³/mol. The van der Waals surface area contributed by atoms with Crippen LogP contribution in [0.5, 0.6) is 5.75 Å². The maximum Gasteiger partial charge on any atom is 0.251 e. The van der Waals surface area contributed by atoms with E-state index in [9.17, 15) is 4.79 Å². The van der Waals surface area contributed by atoms with Crippen LogP contribution in [0.25, 0.3) is 5.69 Å². The van der Waals surface area contributed by atoms with Crippen molar-refractivity contribution in [1.29, 1.82) is 0 Å². The summed E-state index contributed by atoms with van der Waals surface area (Å²) in [6, 6.07) is 5.30. The van der Waals surface area contributed by atoms with Crippen molar-refractivity contribution in [2.24, 2.45) is 5.73 Å². The largest absolute Gasteiger partial charge is 0.493 e. The number of nitrogens with two attached hydrogens (primary N) is 2. The van der Waals surface area contributed by atoms with E-state index < -0.39 is 5.91 Å². The molecule has 6 heteroatoms. The molecule has 100 valence electrons. The number of carbonyl (C=O) groups is 1. The molecule has 1 aromatic heterocycles. The van der Waals surface area contributed by atoms with Crippen LogP contribution >= 0.6 is 0 Å². The first-order valence-electron chi connectivity index (χ1n) is 5.98. The summed E-state index contributed by atoms with van der Waals surface area (Å²) in [6.07, 6.45) is 3.89. The Hall–Kier alpha value is -2.50. The Balaban J connectivity index is 2.32. The number of ether oxygens (including phenoxy) is 1. The van der Waals surface area contributed by atoms with Crippen molar-refractivity contribution < 1.29 is 9.53 Å². The summed E-state index contributed by atoms with van der Waals surface area (Å²) < 4.78 is 7.08. The molecule has 0 saturated heterocycles. The van der Waals surface area contributed by atoms with Crippen molar-refractivity contribution in [2.45, 2.75) is 13.3 Å². The topological polar surface area (TPSA) is 96.2 Å². The van der Waals surface area contributed by atoms with Crippen LogP contribution in [-0.4, -0.2) is 22.3 Å². The minimum atomic E-state index is -0.516. The number of aromatic nitrogens is 2. The molecule has 0 aliphatic rings. The summed E-state index contributed by atoms with van der Waals surface area (Å²) in [5, 5.41) is 4.07. The van der Waals surface area contributed by atoms with Gasteiger partial charge >= 0.3 is 0 Å². The lowest BCUT2D eigenvalue weighted by atomic mass is 10.2. The van der Waals surface area contributed by atoms with Crippen LogP contribution in [-0.2, 0) is 0 Å². The summed E-state index contributed by atoms with van der Waals surface area (Å²) in [5.74, 6) is 0.158. The highest BCUT2D eigenvalue weighted by atomic mass is 16.5. The third kappa shape index (κ3) is 3.04. The molecule has 6 nitrogen and oxygen atoms in total. The Kier molecular flexibility index (Phi) is 3.70. The van der Waals surface area contributed by atoms with Gasteiger partial charge in [0.25, 0.3) is 5.91 Å². The fourth-order valence-electron chi connectivity index (χ4n) is 1.63. The van der Waals surface area contributed by atoms with E-state index >= 15 is 0 Å². The minimum absolute atomic E-state index is 0.346. The van der Waals surface area contributed by atoms with Crippen LogP contribution in [0.1, 0.15) is 23.7 Å². The van der Waals surface area contributed by atoms with Crippen molar-refractivity contribution >= 4 is 11.6 Å². The first kappa shape index (κ1) is 12.9. The number of nitrogens with zero attached hydrogens (tertiary/aromatic N) is 2. The maximum absolute atomic E-state index is 11.0. The molecular formula is C13H16N4O2. The molecule has 0 radical (unpaired) electrons. The van der Waals surface area contributed by atoms with Gasteiger partial charge in [-0.25, -0.2) is 4.68 Å². The van der Waals surface area contributed by atoms with Crippen LogP contribution in [0.3, 0.4) is 0 Å². The van der Waals surface area contributed by atoms with Gasteiger partial charge in [0, 0.05) is 24.0 Å². The zero-order valence-electron chi connectivity index (χ0n) is 10.7. The van der Waals surface area contributed by atoms with Gasteiger partial charge in [-0.2, -0.15) is 5.10 Å². The molecule has 0 aliphatic heterocycles. The minimum Gasteiger partial charge on any atom is -0.493 e. The van der Waals surface area contributed by atoms with Crippen molar-refractivity contribution in [2.75, 3.05) is 12.3 Å². The quantitative estimate of drug-likeness (QED) is 0.793. The number of anilines is 1. The van der Waals surface area contributed by atoms with Crippen LogP contribution in [0, 0.1) is 0 Å². The Morgan fingerprint density at radius 3 is 2.84 bits per heavy atom. The van der Waals surface area contributed by atoms with E-state index in [1.807, 2.05) is 13.0 Å². The summed E-state index contributed by atoms with van der Waals surface area (Å²) in [5.41, 5.74) is 12.6. The van der Waals surface area contributed by atoms with E-state index in [2.05, 4.69) is 5.10 Å². The monoisotopic (exact) mass is 260 g/mol. The van der Waals surface area contributed by atoms with Gasteiger partial charge in [0.1, 0.15) is 5.75 Å². The fourth-order valence-corrected chi connectivity index (χ4v) is 1.63. The first-order valence-corrected chi connectivity index (χ1v) is 5.98. The Morgan fingerprint density at radius 1 is 1.42 bits per heavy atom. The van der Waals surface area contributed by atoms with E-state index in [1.165, 1.54) is 10.9 Å². The van der Waals surface area contributed by atoms with Crippen molar-refractivity contribution in [3.63, 3.8) is 0 Å². The molecule has 0 saturated carbocycles. The lowest BCUT2D eigenvalue weighted by molar-refractivity contribution is 0.100. The maximum atomic E-state index is 11.0. The second kappa shape index (κ2) is 5.43. The first-order chi connectivity index (χ1) is 9.10. The standard InChI is InChI=1S/C13H16N4O2/c1-2-3-19-12-5-10(14)4-11(6-12)17-8-9(7-16-17)13(15)18/h4-8H,2-3,14H2,1H3,(H2,15,18). The summed E-state index contributed by atoms with van der Waals surface area (Å²) in [6.45, 7) is 2.65. The number of carbonyl (C=O) groups excluding carboxylic acids is 1. The SMILES string of the molecule is CCCOc1cc(N)cc(-n2cc(C(N)=O)cn2)c1. The molecule has 0 spiro atoms. The lowest BCUT2D eigenvalue weighted by Gasteiger charge is -2.08. The predicted octanol–water partition coefficient (Wildman–Crippen LogP) is 1.34. The van der Waals surface area contributed by atoms with E-state index in [0.29, 0.717) is 23.6 Å². The highest BCUT2D eigenvalue weighted by Gasteiger charge is 2.07. The average Bonchev–Trinajstić information content (AvgIpc) is 2.85. The third-order valence-corrected chi connectivity index (χ3v) is 2.52. The molecule has 2 aromatic rings. The molecule has 0 bridgehead atoms. The second-order valence-corrected chi connectivity index (χ2v) is 4.15. The highest BCUT2D eigenvalue weighted by molar-refractivity contribution is 5.92. The number of rotatable bonds is 5. The zero-order chi connectivity index (χ0) is 13.8. The Labute approximate surface area is 111 Å². The number of amides is 1. The van der Waals surface area contributed by atoms with E-state index in [1.54, 1.807) is 18.3 Å². The Morgan fingerprint density at radius 2 is 2.21 bits per heavy atom. The normalized spacial score (nSPS) is 10.4. The number of hydrogen-bond acceptors (Lipinski definition) is 4. The zero-order valence-corrected chi connectivity index (χ0v) is 10.7. The van der Waals surface area contributed by atoms with E-state index in [-0.39, 0.29) is 0 Å². The van der Waals surface area contributed by atoms with Crippen LogP contribution in [0.2, 0.25) is 0 Å². The molecule has 1 heterocycles. The summed E-state index contributed by atoms with van der Waals surface area (Å²) in [7, 11) is 0. The van der Waals surface area contributed by atoms with Gasteiger partial charge in [-0.1, -0.05) is 6.92 Å². The number of benzene rings is 1.